The van der Waals surface area contributed by atoms with Crippen molar-refractivity contribution in [1.82, 2.24) is 0 Å². The topological polar surface area (TPSA) is 52.3 Å². The highest BCUT2D eigenvalue weighted by Crippen LogP contribution is 2.37. The van der Waals surface area contributed by atoms with Gasteiger partial charge in [0.1, 0.15) is 16.3 Å². The fourth-order valence-corrected chi connectivity index (χ4v) is 3.03. The Bertz CT molecular complexity index is 691. The van der Waals surface area contributed by atoms with Crippen molar-refractivity contribution >= 4 is 34.6 Å². The zero-order valence-corrected chi connectivity index (χ0v) is 13.4. The molecule has 0 saturated heterocycles. The highest BCUT2D eigenvalue weighted by atomic mass is 35.5. The molecule has 6 heteroatoms. The number of rotatable bonds is 2. The third-order valence-electron chi connectivity index (χ3n) is 2.54. The lowest BCUT2D eigenvalue weighted by molar-refractivity contribution is 0.00764. The number of ether oxygens (including phenoxy) is 1. The molecule has 3 nitrogen and oxygen atoms in total. The van der Waals surface area contributed by atoms with E-state index in [9.17, 15) is 9.18 Å². The van der Waals surface area contributed by atoms with Gasteiger partial charge in [-0.2, -0.15) is 0 Å². The molecule has 0 bridgehead atoms. The number of carbonyl (C=O) groups is 1. The first-order valence-electron chi connectivity index (χ1n) is 6.25. The molecule has 1 heterocycles. The lowest BCUT2D eigenvalue weighted by Gasteiger charge is -2.18. The van der Waals surface area contributed by atoms with Gasteiger partial charge in [-0.25, -0.2) is 9.18 Å². The van der Waals surface area contributed by atoms with Crippen LogP contribution in [0.5, 0.6) is 0 Å². The average molecular weight is 328 g/mol. The van der Waals surface area contributed by atoms with Gasteiger partial charge in [0, 0.05) is 10.4 Å². The highest BCUT2D eigenvalue weighted by molar-refractivity contribution is 7.18. The molecule has 0 aliphatic carbocycles. The summed E-state index contributed by atoms with van der Waals surface area (Å²) in [6.07, 6.45) is 0. The van der Waals surface area contributed by atoms with Crippen molar-refractivity contribution in [2.75, 3.05) is 5.73 Å². The molecule has 2 aromatic rings. The van der Waals surface area contributed by atoms with Crippen LogP contribution >= 0.6 is 22.9 Å². The van der Waals surface area contributed by atoms with Gasteiger partial charge in [-0.3, -0.25) is 0 Å². The molecule has 0 saturated carbocycles. The molecule has 0 unspecified atom stereocenters. The van der Waals surface area contributed by atoms with Crippen molar-refractivity contribution in [2.24, 2.45) is 0 Å². The molecule has 1 aromatic carbocycles. The van der Waals surface area contributed by atoms with Gasteiger partial charge in [-0.15, -0.1) is 11.3 Å². The van der Waals surface area contributed by atoms with Crippen molar-refractivity contribution in [3.63, 3.8) is 0 Å². The Balaban J connectivity index is 2.37. The molecule has 1 aromatic heterocycles. The summed E-state index contributed by atoms with van der Waals surface area (Å²) >= 11 is 7.20. The molecule has 2 rings (SSSR count). The van der Waals surface area contributed by atoms with Gasteiger partial charge in [-0.1, -0.05) is 11.6 Å². The summed E-state index contributed by atoms with van der Waals surface area (Å²) in [6, 6.07) is 5.73. The average Bonchev–Trinajstić information content (AvgIpc) is 2.68. The standard InChI is InChI=1S/C15H15ClFNO2S/c1-15(2,3)20-14(19)13-11(18)7-12(21-13)9-5-4-8(17)6-10(9)16/h4-7H,18H2,1-3H3. The number of benzene rings is 1. The van der Waals surface area contributed by atoms with E-state index in [1.54, 1.807) is 32.9 Å². The summed E-state index contributed by atoms with van der Waals surface area (Å²) in [5.41, 5.74) is 6.23. The second kappa shape index (κ2) is 5.66. The Morgan fingerprint density at radius 1 is 1.33 bits per heavy atom. The van der Waals surface area contributed by atoms with E-state index in [-0.39, 0.29) is 5.02 Å². The fourth-order valence-electron chi connectivity index (χ4n) is 1.71. The molecule has 0 spiro atoms. The van der Waals surface area contributed by atoms with Crippen LogP contribution in [0.3, 0.4) is 0 Å². The molecule has 0 atom stereocenters. The van der Waals surface area contributed by atoms with E-state index < -0.39 is 17.4 Å². The first-order chi connectivity index (χ1) is 9.67. The normalized spacial score (nSPS) is 11.5. The minimum Gasteiger partial charge on any atom is -0.456 e. The lowest BCUT2D eigenvalue weighted by Crippen LogP contribution is -2.23. The number of nitrogens with two attached hydrogens (primary N) is 1. The van der Waals surface area contributed by atoms with Gasteiger partial charge < -0.3 is 10.5 Å². The van der Waals surface area contributed by atoms with Crippen LogP contribution in [-0.2, 0) is 4.74 Å². The van der Waals surface area contributed by atoms with Crippen molar-refractivity contribution in [3.05, 3.63) is 40.0 Å². The van der Waals surface area contributed by atoms with Gasteiger partial charge in [0.2, 0.25) is 0 Å². The number of thiophene rings is 1. The van der Waals surface area contributed by atoms with Crippen molar-refractivity contribution in [1.29, 1.82) is 0 Å². The van der Waals surface area contributed by atoms with Crippen LogP contribution in [0.2, 0.25) is 5.02 Å². The van der Waals surface area contributed by atoms with Crippen LogP contribution in [-0.4, -0.2) is 11.6 Å². The Morgan fingerprint density at radius 2 is 2.00 bits per heavy atom. The predicted molar refractivity (Wildman–Crippen MR) is 84.3 cm³/mol. The van der Waals surface area contributed by atoms with Crippen molar-refractivity contribution < 1.29 is 13.9 Å². The van der Waals surface area contributed by atoms with E-state index in [0.29, 0.717) is 21.0 Å². The molecule has 112 valence electrons. The second-order valence-electron chi connectivity index (χ2n) is 5.52. The number of esters is 1. The van der Waals surface area contributed by atoms with Crippen LogP contribution in [0.25, 0.3) is 10.4 Å². The molecule has 0 amide bonds. The van der Waals surface area contributed by atoms with Crippen molar-refractivity contribution in [2.45, 2.75) is 26.4 Å². The Kier molecular flexibility index (Phi) is 4.25. The number of carbonyl (C=O) groups excluding carboxylic acids is 1. The quantitative estimate of drug-likeness (QED) is 0.810. The monoisotopic (exact) mass is 327 g/mol. The molecule has 0 aliphatic rings. The van der Waals surface area contributed by atoms with Crippen molar-refractivity contribution in [3.8, 4) is 10.4 Å². The summed E-state index contributed by atoms with van der Waals surface area (Å²) < 4.78 is 18.4. The van der Waals surface area contributed by atoms with E-state index in [1.807, 2.05) is 0 Å². The number of hydrogen-bond donors (Lipinski definition) is 1. The van der Waals surface area contributed by atoms with E-state index >= 15 is 0 Å². The van der Waals surface area contributed by atoms with Gasteiger partial charge >= 0.3 is 5.97 Å². The van der Waals surface area contributed by atoms with E-state index in [2.05, 4.69) is 0 Å². The maximum Gasteiger partial charge on any atom is 0.350 e. The molecular weight excluding hydrogens is 313 g/mol. The third kappa shape index (κ3) is 3.74. The molecular formula is C15H15ClFNO2S. The first kappa shape index (κ1) is 15.8. The maximum absolute atomic E-state index is 13.1. The Morgan fingerprint density at radius 3 is 2.57 bits per heavy atom. The Hall–Kier alpha value is -1.59. The number of anilines is 1. The highest BCUT2D eigenvalue weighted by Gasteiger charge is 2.23. The summed E-state index contributed by atoms with van der Waals surface area (Å²) in [5, 5.41) is 0.270. The summed E-state index contributed by atoms with van der Waals surface area (Å²) in [6.45, 7) is 5.35. The van der Waals surface area contributed by atoms with E-state index in [4.69, 9.17) is 22.1 Å². The smallest absolute Gasteiger partial charge is 0.350 e. The van der Waals surface area contributed by atoms with Gasteiger partial charge in [-0.05, 0) is 45.0 Å². The Labute approximate surface area is 131 Å². The lowest BCUT2D eigenvalue weighted by atomic mass is 10.2. The molecule has 0 radical (unpaired) electrons. The molecule has 2 N–H and O–H groups in total. The predicted octanol–water partition coefficient (Wildman–Crippen LogP) is 4.75. The largest absolute Gasteiger partial charge is 0.456 e. The molecule has 0 aliphatic heterocycles. The summed E-state index contributed by atoms with van der Waals surface area (Å²) in [5.74, 6) is -0.893. The summed E-state index contributed by atoms with van der Waals surface area (Å²) in [4.78, 5) is 13.1. The number of halogens is 2. The van der Waals surface area contributed by atoms with E-state index in [1.165, 1.54) is 23.5 Å². The minimum absolute atomic E-state index is 0.270. The zero-order valence-electron chi connectivity index (χ0n) is 11.9. The van der Waals surface area contributed by atoms with Crippen LogP contribution in [0, 0.1) is 5.82 Å². The van der Waals surface area contributed by atoms with Gasteiger partial charge in [0.05, 0.1) is 10.7 Å². The SMILES string of the molecule is CC(C)(C)OC(=O)c1sc(-c2ccc(F)cc2Cl)cc1N. The van der Waals surface area contributed by atoms with Gasteiger partial charge in [0.25, 0.3) is 0 Å². The fraction of sp³-hybridized carbons (Fsp3) is 0.267. The summed E-state index contributed by atoms with van der Waals surface area (Å²) in [7, 11) is 0. The molecule has 0 fully saturated rings. The van der Waals surface area contributed by atoms with Crippen LogP contribution in [0.4, 0.5) is 10.1 Å². The van der Waals surface area contributed by atoms with Crippen LogP contribution < -0.4 is 5.73 Å². The van der Waals surface area contributed by atoms with Crippen LogP contribution in [0.15, 0.2) is 24.3 Å². The minimum atomic E-state index is -0.596. The third-order valence-corrected chi connectivity index (χ3v) is 4.02. The number of hydrogen-bond acceptors (Lipinski definition) is 4. The van der Waals surface area contributed by atoms with E-state index in [0.717, 1.165) is 0 Å². The maximum atomic E-state index is 13.1. The molecule has 21 heavy (non-hydrogen) atoms. The van der Waals surface area contributed by atoms with Gasteiger partial charge in [0.15, 0.2) is 0 Å². The second-order valence-corrected chi connectivity index (χ2v) is 6.98. The zero-order chi connectivity index (χ0) is 15.8. The first-order valence-corrected chi connectivity index (χ1v) is 7.45. The van der Waals surface area contributed by atoms with Crippen LogP contribution in [0.1, 0.15) is 30.4 Å². The number of nitrogen functional groups attached to an aromatic ring is 1.